The Bertz CT molecular complexity index is 653. The summed E-state index contributed by atoms with van der Waals surface area (Å²) in [5, 5.41) is 10.8. The van der Waals surface area contributed by atoms with Crippen molar-refractivity contribution in [3.8, 4) is 0 Å². The van der Waals surface area contributed by atoms with E-state index in [1.165, 1.54) is 0 Å². The Hall–Kier alpha value is -1.93. The predicted molar refractivity (Wildman–Crippen MR) is 96.8 cm³/mol. The first-order chi connectivity index (χ1) is 11.8. The highest BCUT2D eigenvalue weighted by atomic mass is 35.5. The highest BCUT2D eigenvalue weighted by Crippen LogP contribution is 2.26. The Morgan fingerprint density at radius 2 is 1.88 bits per heavy atom. The van der Waals surface area contributed by atoms with E-state index in [9.17, 15) is 18.4 Å². The van der Waals surface area contributed by atoms with Crippen LogP contribution >= 0.6 is 12.4 Å². The maximum absolute atomic E-state index is 13.2. The van der Waals surface area contributed by atoms with Gasteiger partial charge in [0.05, 0.1) is 18.6 Å². The minimum atomic E-state index is -2.83. The van der Waals surface area contributed by atoms with Crippen molar-refractivity contribution in [1.29, 1.82) is 0 Å². The monoisotopic (exact) mass is 388 g/mol. The summed E-state index contributed by atoms with van der Waals surface area (Å²) >= 11 is 0. The maximum atomic E-state index is 13.2. The first-order valence-electron chi connectivity index (χ1n) is 8.41. The number of rotatable bonds is 5. The zero-order valence-electron chi connectivity index (χ0n) is 14.4. The van der Waals surface area contributed by atoms with Gasteiger partial charge in [-0.3, -0.25) is 10.1 Å². The minimum absolute atomic E-state index is 0. The van der Waals surface area contributed by atoms with Gasteiger partial charge in [-0.2, -0.15) is 0 Å². The van der Waals surface area contributed by atoms with Crippen molar-refractivity contribution >= 4 is 30.0 Å². The number of benzene rings is 1. The van der Waals surface area contributed by atoms with Gasteiger partial charge in [0.25, 0.3) is 5.92 Å². The predicted octanol–water partition coefficient (Wildman–Crippen LogP) is 2.57. The fourth-order valence-corrected chi connectivity index (χ4v) is 2.73. The molecule has 6 nitrogen and oxygen atoms in total. The Morgan fingerprint density at radius 1 is 1.23 bits per heavy atom. The minimum Gasteiger partial charge on any atom is -0.348 e. The average Bonchev–Trinajstić information content (AvgIpc) is 3.28. The van der Waals surface area contributed by atoms with Crippen molar-refractivity contribution in [2.45, 2.75) is 50.2 Å². The normalized spacial score (nSPS) is 22.0. The van der Waals surface area contributed by atoms with Gasteiger partial charge in [0.2, 0.25) is 5.91 Å². The van der Waals surface area contributed by atoms with Gasteiger partial charge < -0.3 is 16.0 Å². The Morgan fingerprint density at radius 3 is 2.42 bits per heavy atom. The summed E-state index contributed by atoms with van der Waals surface area (Å²) in [6.07, 6.45) is 1.56. The number of anilines is 1. The van der Waals surface area contributed by atoms with Gasteiger partial charge in [-0.05, 0) is 37.5 Å². The van der Waals surface area contributed by atoms with E-state index in [1.807, 2.05) is 0 Å². The third kappa shape index (κ3) is 5.54. The van der Waals surface area contributed by atoms with Crippen LogP contribution in [-0.2, 0) is 4.79 Å². The molecule has 2 aliphatic rings. The lowest BCUT2D eigenvalue weighted by Crippen LogP contribution is -2.41. The molecule has 2 unspecified atom stereocenters. The summed E-state index contributed by atoms with van der Waals surface area (Å²) in [7, 11) is 0. The fraction of sp³-hybridized carbons (Fsp3) is 0.529. The second-order valence-corrected chi connectivity index (χ2v) is 6.72. The van der Waals surface area contributed by atoms with E-state index in [-0.39, 0.29) is 30.5 Å². The van der Waals surface area contributed by atoms with Gasteiger partial charge in [0.15, 0.2) is 0 Å². The molecule has 0 spiro atoms. The summed E-state index contributed by atoms with van der Waals surface area (Å²) in [6, 6.07) is 5.92. The number of urea groups is 1. The van der Waals surface area contributed by atoms with Crippen LogP contribution in [0.5, 0.6) is 0 Å². The number of amides is 3. The van der Waals surface area contributed by atoms with Crippen molar-refractivity contribution in [3.63, 3.8) is 0 Å². The molecule has 1 heterocycles. The van der Waals surface area contributed by atoms with Crippen LogP contribution in [0.3, 0.4) is 0 Å². The zero-order chi connectivity index (χ0) is 18.0. The smallest absolute Gasteiger partial charge is 0.319 e. The first-order valence-corrected chi connectivity index (χ1v) is 8.41. The van der Waals surface area contributed by atoms with E-state index in [4.69, 9.17) is 0 Å². The number of nitrogens with one attached hydrogen (secondary N) is 4. The molecule has 1 aromatic carbocycles. The van der Waals surface area contributed by atoms with Gasteiger partial charge in [0, 0.05) is 18.2 Å². The second-order valence-electron chi connectivity index (χ2n) is 6.72. The van der Waals surface area contributed by atoms with Crippen molar-refractivity contribution in [2.75, 3.05) is 11.9 Å². The highest BCUT2D eigenvalue weighted by molar-refractivity contribution is 5.89. The van der Waals surface area contributed by atoms with Crippen LogP contribution in [0.4, 0.5) is 19.3 Å². The van der Waals surface area contributed by atoms with Crippen LogP contribution in [0, 0.1) is 0 Å². The number of alkyl halides is 2. The second kappa shape index (κ2) is 8.18. The summed E-state index contributed by atoms with van der Waals surface area (Å²) in [5.74, 6) is -3.27. The molecule has 4 N–H and O–H groups in total. The molecule has 1 aliphatic heterocycles. The molecular formula is C17H23ClF2N4O2. The molecule has 0 bridgehead atoms. The Balaban J connectivity index is 0.00000243. The lowest BCUT2D eigenvalue weighted by atomic mass is 10.1. The van der Waals surface area contributed by atoms with Crippen LogP contribution in [-0.4, -0.2) is 36.5 Å². The standard InChI is InChI=1S/C17H22F2N4O2.ClH/c1-10(21-15(24)14-8-17(18,19)9-20-14)11-2-4-12(5-3-11)22-16(25)23-13-6-7-13;/h2-5,10,13-14,20H,6-9H2,1H3,(H,21,24)(H2,22,23,25);1H. The van der Waals surface area contributed by atoms with Crippen molar-refractivity contribution in [2.24, 2.45) is 0 Å². The molecule has 9 heteroatoms. The largest absolute Gasteiger partial charge is 0.348 e. The highest BCUT2D eigenvalue weighted by Gasteiger charge is 2.42. The van der Waals surface area contributed by atoms with Crippen LogP contribution in [0.2, 0.25) is 0 Å². The molecule has 3 rings (SSSR count). The fourth-order valence-electron chi connectivity index (χ4n) is 2.73. The van der Waals surface area contributed by atoms with E-state index in [1.54, 1.807) is 31.2 Å². The molecule has 0 aromatic heterocycles. The third-order valence-corrected chi connectivity index (χ3v) is 4.37. The van der Waals surface area contributed by atoms with E-state index in [0.717, 1.165) is 18.4 Å². The number of carbonyl (C=O) groups excluding carboxylic acids is 2. The molecule has 0 radical (unpaired) electrons. The van der Waals surface area contributed by atoms with Gasteiger partial charge >= 0.3 is 6.03 Å². The zero-order valence-corrected chi connectivity index (χ0v) is 15.2. The number of hydrogen-bond donors (Lipinski definition) is 4. The van der Waals surface area contributed by atoms with Gasteiger partial charge in [-0.1, -0.05) is 12.1 Å². The van der Waals surface area contributed by atoms with Crippen LogP contribution < -0.4 is 21.3 Å². The van der Waals surface area contributed by atoms with Gasteiger partial charge in [-0.15, -0.1) is 12.4 Å². The molecule has 2 atom stereocenters. The first kappa shape index (κ1) is 20.4. The van der Waals surface area contributed by atoms with Crippen LogP contribution in [0.15, 0.2) is 24.3 Å². The summed E-state index contributed by atoms with van der Waals surface area (Å²) < 4.78 is 26.3. The van der Waals surface area contributed by atoms with E-state index in [0.29, 0.717) is 5.69 Å². The Kier molecular flexibility index (Phi) is 6.41. The lowest BCUT2D eigenvalue weighted by molar-refractivity contribution is -0.124. The van der Waals surface area contributed by atoms with Gasteiger partial charge in [0.1, 0.15) is 0 Å². The molecule has 1 aromatic rings. The molecule has 1 saturated carbocycles. The van der Waals surface area contributed by atoms with Gasteiger partial charge in [-0.25, -0.2) is 13.6 Å². The number of hydrogen-bond acceptors (Lipinski definition) is 3. The summed E-state index contributed by atoms with van der Waals surface area (Å²) in [6.45, 7) is 1.32. The molecule has 144 valence electrons. The van der Waals surface area contributed by atoms with Crippen LogP contribution in [0.1, 0.15) is 37.8 Å². The lowest BCUT2D eigenvalue weighted by Gasteiger charge is -2.18. The summed E-state index contributed by atoms with van der Waals surface area (Å²) in [5.41, 5.74) is 1.48. The van der Waals surface area contributed by atoms with E-state index < -0.39 is 30.8 Å². The quantitative estimate of drug-likeness (QED) is 0.625. The van der Waals surface area contributed by atoms with Crippen molar-refractivity contribution in [1.82, 2.24) is 16.0 Å². The van der Waals surface area contributed by atoms with Crippen LogP contribution in [0.25, 0.3) is 0 Å². The molecule has 26 heavy (non-hydrogen) atoms. The number of carbonyl (C=O) groups is 2. The van der Waals surface area contributed by atoms with E-state index >= 15 is 0 Å². The SMILES string of the molecule is CC(NC(=O)C1CC(F)(F)CN1)c1ccc(NC(=O)NC2CC2)cc1.Cl. The number of halogens is 3. The molecule has 1 saturated heterocycles. The molecular weight excluding hydrogens is 366 g/mol. The van der Waals surface area contributed by atoms with Crippen molar-refractivity contribution in [3.05, 3.63) is 29.8 Å². The maximum Gasteiger partial charge on any atom is 0.319 e. The Labute approximate surface area is 156 Å². The topological polar surface area (TPSA) is 82.3 Å². The molecule has 2 fully saturated rings. The summed E-state index contributed by atoms with van der Waals surface area (Å²) in [4.78, 5) is 23.7. The third-order valence-electron chi connectivity index (χ3n) is 4.37. The van der Waals surface area contributed by atoms with E-state index in [2.05, 4.69) is 21.3 Å². The average molecular weight is 389 g/mol. The van der Waals surface area contributed by atoms with Crippen molar-refractivity contribution < 1.29 is 18.4 Å². The molecule has 3 amide bonds. The molecule has 1 aliphatic carbocycles.